The van der Waals surface area contributed by atoms with E-state index in [9.17, 15) is 4.79 Å². The van der Waals surface area contributed by atoms with Crippen LogP contribution in [0.2, 0.25) is 0 Å². The Hall–Kier alpha value is -2.80. The van der Waals surface area contributed by atoms with E-state index in [-0.39, 0.29) is 18.3 Å². The molecule has 0 spiro atoms. The molecule has 0 saturated heterocycles. The number of nitrogens with one attached hydrogen (secondary N) is 1. The van der Waals surface area contributed by atoms with E-state index in [2.05, 4.69) is 29.4 Å². The molecule has 0 aliphatic heterocycles. The number of nitrogens with zero attached hydrogens (tertiary/aromatic N) is 2. The zero-order valence-corrected chi connectivity index (χ0v) is 16.0. The van der Waals surface area contributed by atoms with Gasteiger partial charge in [0.25, 0.3) is 11.1 Å². The fraction of sp³-hybridized carbons (Fsp3) is 0.250. The Bertz CT molecular complexity index is 864. The third kappa shape index (κ3) is 5.86. The van der Waals surface area contributed by atoms with Gasteiger partial charge < -0.3 is 14.5 Å². The van der Waals surface area contributed by atoms with Gasteiger partial charge in [-0.25, -0.2) is 0 Å². The van der Waals surface area contributed by atoms with Crippen molar-refractivity contribution in [3.8, 4) is 5.75 Å². The number of rotatable bonds is 8. The molecule has 0 aliphatic carbocycles. The first-order chi connectivity index (χ1) is 13.1. The average molecular weight is 383 g/mol. The first kappa shape index (κ1) is 19.0. The summed E-state index contributed by atoms with van der Waals surface area (Å²) in [6.07, 6.45) is 0. The topological polar surface area (TPSA) is 77.2 Å². The normalized spacial score (nSPS) is 10.8. The molecule has 6 nitrogen and oxygen atoms in total. The Balaban J connectivity index is 1.44. The van der Waals surface area contributed by atoms with Crippen LogP contribution in [0.25, 0.3) is 0 Å². The largest absolute Gasteiger partial charge is 0.484 e. The van der Waals surface area contributed by atoms with Crippen LogP contribution in [0.1, 0.15) is 31.2 Å². The Labute approximate surface area is 162 Å². The Morgan fingerprint density at radius 2 is 1.85 bits per heavy atom. The van der Waals surface area contributed by atoms with Gasteiger partial charge in [0.2, 0.25) is 5.91 Å². The lowest BCUT2D eigenvalue weighted by atomic mass is 10.0. The SMILES string of the molecule is CC(C)c1ccc(NC(=O)CSc2nnc(COc3ccccc3)o2)cc1. The van der Waals surface area contributed by atoms with Gasteiger partial charge in [-0.1, -0.05) is 55.9 Å². The second-order valence-corrected chi connectivity index (χ2v) is 7.10. The molecule has 1 amide bonds. The van der Waals surface area contributed by atoms with Crippen LogP contribution < -0.4 is 10.1 Å². The molecule has 1 N–H and O–H groups in total. The number of hydrogen-bond donors (Lipinski definition) is 1. The van der Waals surface area contributed by atoms with Crippen molar-refractivity contribution in [2.24, 2.45) is 0 Å². The number of benzene rings is 2. The number of para-hydroxylation sites is 1. The zero-order chi connectivity index (χ0) is 19.1. The van der Waals surface area contributed by atoms with Crippen molar-refractivity contribution in [2.45, 2.75) is 31.6 Å². The monoisotopic (exact) mass is 383 g/mol. The van der Waals surface area contributed by atoms with E-state index in [0.29, 0.717) is 17.0 Å². The number of anilines is 1. The number of hydrogen-bond acceptors (Lipinski definition) is 6. The van der Waals surface area contributed by atoms with Crippen molar-refractivity contribution in [3.05, 3.63) is 66.1 Å². The average Bonchev–Trinajstić information content (AvgIpc) is 3.14. The van der Waals surface area contributed by atoms with Gasteiger partial charge in [0.15, 0.2) is 6.61 Å². The molecule has 1 aromatic heterocycles. The van der Waals surface area contributed by atoms with Crippen LogP contribution in [0.5, 0.6) is 5.75 Å². The van der Waals surface area contributed by atoms with Gasteiger partial charge in [-0.3, -0.25) is 4.79 Å². The zero-order valence-electron chi connectivity index (χ0n) is 15.2. The lowest BCUT2D eigenvalue weighted by Crippen LogP contribution is -2.14. The smallest absolute Gasteiger partial charge is 0.277 e. The molecule has 3 aromatic rings. The standard InChI is InChI=1S/C20H21N3O3S/c1-14(2)15-8-10-16(11-9-15)21-18(24)13-27-20-23-22-19(26-20)12-25-17-6-4-3-5-7-17/h3-11,14H,12-13H2,1-2H3,(H,21,24). The summed E-state index contributed by atoms with van der Waals surface area (Å²) in [6, 6.07) is 17.2. The fourth-order valence-electron chi connectivity index (χ4n) is 2.29. The van der Waals surface area contributed by atoms with E-state index in [1.54, 1.807) is 0 Å². The maximum absolute atomic E-state index is 12.1. The Morgan fingerprint density at radius 3 is 2.56 bits per heavy atom. The molecular weight excluding hydrogens is 362 g/mol. The summed E-state index contributed by atoms with van der Waals surface area (Å²) in [5.41, 5.74) is 2.01. The van der Waals surface area contributed by atoms with Crippen LogP contribution in [-0.4, -0.2) is 21.9 Å². The van der Waals surface area contributed by atoms with Crippen LogP contribution in [0.4, 0.5) is 5.69 Å². The Morgan fingerprint density at radius 1 is 1.11 bits per heavy atom. The lowest BCUT2D eigenvalue weighted by molar-refractivity contribution is -0.113. The summed E-state index contributed by atoms with van der Waals surface area (Å²) in [7, 11) is 0. The molecule has 0 radical (unpaired) electrons. The van der Waals surface area contributed by atoms with Gasteiger partial charge in [-0.15, -0.1) is 10.2 Å². The second kappa shape index (κ2) is 9.23. The minimum absolute atomic E-state index is 0.127. The van der Waals surface area contributed by atoms with E-state index in [0.717, 1.165) is 11.4 Å². The van der Waals surface area contributed by atoms with E-state index in [4.69, 9.17) is 9.15 Å². The van der Waals surface area contributed by atoms with E-state index in [1.807, 2.05) is 54.6 Å². The predicted molar refractivity (Wildman–Crippen MR) is 105 cm³/mol. The molecule has 140 valence electrons. The van der Waals surface area contributed by atoms with Crippen molar-refractivity contribution in [1.82, 2.24) is 10.2 Å². The summed E-state index contributed by atoms with van der Waals surface area (Å²) in [5.74, 6) is 1.62. The molecule has 0 fully saturated rings. The number of amides is 1. The number of carbonyl (C=O) groups excluding carboxylic acids is 1. The molecule has 0 atom stereocenters. The lowest BCUT2D eigenvalue weighted by Gasteiger charge is -2.07. The minimum Gasteiger partial charge on any atom is -0.484 e. The highest BCUT2D eigenvalue weighted by Gasteiger charge is 2.11. The highest BCUT2D eigenvalue weighted by molar-refractivity contribution is 7.99. The number of carbonyl (C=O) groups is 1. The fourth-order valence-corrected chi connectivity index (χ4v) is 2.87. The third-order valence-corrected chi connectivity index (χ3v) is 4.56. The summed E-state index contributed by atoms with van der Waals surface area (Å²) in [6.45, 7) is 4.45. The van der Waals surface area contributed by atoms with Gasteiger partial charge in [0.05, 0.1) is 5.75 Å². The number of thioether (sulfide) groups is 1. The van der Waals surface area contributed by atoms with Crippen LogP contribution in [0.15, 0.2) is 64.2 Å². The van der Waals surface area contributed by atoms with Crippen molar-refractivity contribution in [2.75, 3.05) is 11.1 Å². The maximum atomic E-state index is 12.1. The van der Waals surface area contributed by atoms with Crippen LogP contribution in [0.3, 0.4) is 0 Å². The van der Waals surface area contributed by atoms with Gasteiger partial charge in [-0.2, -0.15) is 0 Å². The van der Waals surface area contributed by atoms with Crippen LogP contribution in [-0.2, 0) is 11.4 Å². The molecule has 7 heteroatoms. The second-order valence-electron chi connectivity index (χ2n) is 6.18. The molecule has 0 saturated carbocycles. The van der Waals surface area contributed by atoms with Crippen LogP contribution >= 0.6 is 11.8 Å². The predicted octanol–water partition coefficient (Wildman–Crippen LogP) is 4.50. The van der Waals surface area contributed by atoms with E-state index < -0.39 is 0 Å². The van der Waals surface area contributed by atoms with Crippen molar-refractivity contribution >= 4 is 23.4 Å². The number of ether oxygens (including phenoxy) is 1. The maximum Gasteiger partial charge on any atom is 0.277 e. The minimum atomic E-state index is -0.127. The highest BCUT2D eigenvalue weighted by Crippen LogP contribution is 2.20. The van der Waals surface area contributed by atoms with Crippen molar-refractivity contribution < 1.29 is 13.9 Å². The molecule has 0 unspecified atom stereocenters. The molecule has 2 aromatic carbocycles. The quantitative estimate of drug-likeness (QED) is 0.577. The highest BCUT2D eigenvalue weighted by atomic mass is 32.2. The van der Waals surface area contributed by atoms with Crippen molar-refractivity contribution in [3.63, 3.8) is 0 Å². The molecular formula is C20H21N3O3S. The van der Waals surface area contributed by atoms with Crippen LogP contribution in [0, 0.1) is 0 Å². The molecule has 27 heavy (non-hydrogen) atoms. The van der Waals surface area contributed by atoms with Gasteiger partial charge >= 0.3 is 0 Å². The van der Waals surface area contributed by atoms with E-state index >= 15 is 0 Å². The summed E-state index contributed by atoms with van der Waals surface area (Å²) in [4.78, 5) is 12.1. The third-order valence-electron chi connectivity index (χ3n) is 3.74. The molecule has 0 aliphatic rings. The Kier molecular flexibility index (Phi) is 6.49. The van der Waals surface area contributed by atoms with Gasteiger partial charge in [0.1, 0.15) is 5.75 Å². The molecule has 3 rings (SSSR count). The molecule has 1 heterocycles. The first-order valence-electron chi connectivity index (χ1n) is 8.63. The van der Waals surface area contributed by atoms with Crippen molar-refractivity contribution in [1.29, 1.82) is 0 Å². The molecule has 0 bridgehead atoms. The van der Waals surface area contributed by atoms with E-state index in [1.165, 1.54) is 17.3 Å². The first-order valence-corrected chi connectivity index (χ1v) is 9.61. The number of aromatic nitrogens is 2. The summed E-state index contributed by atoms with van der Waals surface area (Å²) < 4.78 is 11.0. The summed E-state index contributed by atoms with van der Waals surface area (Å²) >= 11 is 1.19. The van der Waals surface area contributed by atoms with Gasteiger partial charge in [0, 0.05) is 5.69 Å². The van der Waals surface area contributed by atoms with Gasteiger partial charge in [-0.05, 0) is 35.7 Å². The summed E-state index contributed by atoms with van der Waals surface area (Å²) in [5, 5.41) is 11.0.